The van der Waals surface area contributed by atoms with E-state index in [9.17, 15) is 4.79 Å². The molecule has 0 bridgehead atoms. The van der Waals surface area contributed by atoms with Gasteiger partial charge in [-0.15, -0.1) is 12.4 Å². The van der Waals surface area contributed by atoms with E-state index in [1.165, 1.54) is 5.56 Å². The Morgan fingerprint density at radius 1 is 1.33 bits per heavy atom. The largest absolute Gasteiger partial charge is 0.494 e. The van der Waals surface area contributed by atoms with E-state index in [0.29, 0.717) is 6.61 Å². The van der Waals surface area contributed by atoms with Crippen molar-refractivity contribution in [3.8, 4) is 5.75 Å². The Labute approximate surface area is 170 Å². The first-order valence-electron chi connectivity index (χ1n) is 9.09. The lowest BCUT2D eigenvalue weighted by Crippen LogP contribution is -2.36. The third-order valence-corrected chi connectivity index (χ3v) is 4.89. The number of hydrogen-bond donors (Lipinski definition) is 1. The molecule has 2 aromatic rings. The smallest absolute Gasteiger partial charge is 0.225 e. The Bertz CT molecular complexity index is 706. The number of fused-ring (bicyclic) bond motifs is 1. The van der Waals surface area contributed by atoms with Gasteiger partial charge in [0.2, 0.25) is 5.91 Å². The monoisotopic (exact) mass is 395 g/mol. The molecule has 1 amide bonds. The van der Waals surface area contributed by atoms with Crippen LogP contribution in [0.4, 0.5) is 0 Å². The predicted molar refractivity (Wildman–Crippen MR) is 114 cm³/mol. The van der Waals surface area contributed by atoms with E-state index < -0.39 is 0 Å². The van der Waals surface area contributed by atoms with E-state index in [1.807, 2.05) is 24.1 Å². The molecule has 1 aromatic heterocycles. The summed E-state index contributed by atoms with van der Waals surface area (Å²) in [5.74, 6) is 1.24. The molecule has 1 unspecified atom stereocenters. The fraction of sp³-hybridized carbons (Fsp3) is 0.524. The number of nitrogens with one attached hydrogen (secondary N) is 1. The molecule has 27 heavy (non-hydrogen) atoms. The first kappa shape index (κ1) is 23.0. The molecule has 1 atom stereocenters. The number of nitrogens with zero attached hydrogens (tertiary/aromatic N) is 2. The molecular formula is C21H34ClN3O2. The minimum Gasteiger partial charge on any atom is -0.494 e. The van der Waals surface area contributed by atoms with Crippen LogP contribution < -0.4 is 4.74 Å². The molecule has 1 N–H and O–H groups in total. The van der Waals surface area contributed by atoms with Crippen LogP contribution in [-0.4, -0.2) is 41.0 Å². The van der Waals surface area contributed by atoms with Crippen molar-refractivity contribution < 1.29 is 11.0 Å². The summed E-state index contributed by atoms with van der Waals surface area (Å²) in [6, 6.07) is 8.10. The average molecular weight is 396 g/mol. The Morgan fingerprint density at radius 3 is 2.81 bits per heavy atom. The van der Waals surface area contributed by atoms with E-state index in [1.54, 1.807) is 6.33 Å². The van der Waals surface area contributed by atoms with Crippen LogP contribution in [0, 0.1) is 12.8 Å². The van der Waals surface area contributed by atoms with Crippen LogP contribution in [0.3, 0.4) is 0 Å². The minimum absolute atomic E-state index is 0. The van der Waals surface area contributed by atoms with Crippen molar-refractivity contribution >= 4 is 18.3 Å². The number of imidazole rings is 1. The lowest BCUT2D eigenvalue weighted by atomic mass is 9.89. The maximum atomic E-state index is 12.6. The van der Waals surface area contributed by atoms with Crippen molar-refractivity contribution in [3.05, 3.63) is 47.5 Å². The first-order valence-corrected chi connectivity index (χ1v) is 9.09. The van der Waals surface area contributed by atoms with Crippen molar-refractivity contribution in [1.29, 1.82) is 0 Å². The number of amides is 1. The maximum Gasteiger partial charge on any atom is 0.225 e. The minimum atomic E-state index is 0. The van der Waals surface area contributed by atoms with E-state index in [0.717, 1.165) is 55.8 Å². The molecule has 1 aliphatic rings. The Hall–Kier alpha value is -2.01. The topological polar surface area (TPSA) is 58.2 Å². The highest BCUT2D eigenvalue weighted by molar-refractivity contribution is 5.85. The van der Waals surface area contributed by atoms with Crippen molar-refractivity contribution in [2.75, 3.05) is 20.2 Å². The molecular weight excluding hydrogens is 362 g/mol. The number of carbonyl (C=O) groups is 1. The fourth-order valence-electron chi connectivity index (χ4n) is 3.31. The Kier molecular flexibility index (Phi) is 9.36. The number of carbonyl (C=O) groups excluding carboxylic acids is 1. The van der Waals surface area contributed by atoms with Crippen molar-refractivity contribution in [2.45, 2.75) is 46.5 Å². The van der Waals surface area contributed by atoms with Crippen LogP contribution in [0.15, 0.2) is 30.6 Å². The van der Waals surface area contributed by atoms with Crippen molar-refractivity contribution in [2.24, 2.45) is 5.92 Å². The van der Waals surface area contributed by atoms with E-state index in [-0.39, 0.29) is 33.1 Å². The molecule has 1 heterocycles. The highest BCUT2D eigenvalue weighted by Crippen LogP contribution is 2.24. The van der Waals surface area contributed by atoms with Gasteiger partial charge >= 0.3 is 0 Å². The number of aromatic amines is 1. The maximum absolute atomic E-state index is 12.6. The summed E-state index contributed by atoms with van der Waals surface area (Å²) >= 11 is 0. The average Bonchev–Trinajstić information content (AvgIpc) is 3.10. The highest BCUT2D eigenvalue weighted by atomic mass is 35.5. The quantitative estimate of drug-likeness (QED) is 0.705. The summed E-state index contributed by atoms with van der Waals surface area (Å²) in [5, 5.41) is 0. The molecule has 0 saturated heterocycles. The SMILES string of the molecule is C.Cc1ccc(OCCCCN(C)C(=O)C2CCc3nc[nH]c3C2)cc1.Cl.[HH]. The second-order valence-electron chi connectivity index (χ2n) is 6.90. The third kappa shape index (κ3) is 6.28. The number of rotatable bonds is 7. The number of H-pyrrole nitrogens is 1. The predicted octanol–water partition coefficient (Wildman–Crippen LogP) is 4.44. The standard InChI is InChI=1S/C20H27N3O2.CH4.ClH.H2/c1-15-5-8-17(9-6-15)25-12-4-3-11-23(2)20(24)16-7-10-18-19(13-16)22-14-21-18;;;/h5-6,8-9,14,16H,3-4,7,10-13H2,1-2H3,(H,21,22);1H4;2*1H. The zero-order valence-corrected chi connectivity index (χ0v) is 16.3. The van der Waals surface area contributed by atoms with Crippen LogP contribution in [-0.2, 0) is 17.6 Å². The number of aromatic nitrogens is 2. The normalized spacial score (nSPS) is 15.1. The lowest BCUT2D eigenvalue weighted by molar-refractivity contribution is -0.134. The van der Waals surface area contributed by atoms with E-state index >= 15 is 0 Å². The van der Waals surface area contributed by atoms with Gasteiger partial charge in [-0.3, -0.25) is 4.79 Å². The van der Waals surface area contributed by atoms with Crippen LogP contribution in [0.5, 0.6) is 5.75 Å². The number of aryl methyl sites for hydroxylation is 2. The molecule has 1 aliphatic carbocycles. The molecule has 5 nitrogen and oxygen atoms in total. The summed E-state index contributed by atoms with van der Waals surface area (Å²) in [6.07, 6.45) is 6.21. The lowest BCUT2D eigenvalue weighted by Gasteiger charge is -2.26. The number of unbranched alkanes of at least 4 members (excludes halogenated alkanes) is 1. The summed E-state index contributed by atoms with van der Waals surface area (Å²) in [7, 11) is 1.91. The van der Waals surface area contributed by atoms with Gasteiger partial charge < -0.3 is 14.6 Å². The molecule has 0 radical (unpaired) electrons. The first-order chi connectivity index (χ1) is 12.1. The Morgan fingerprint density at radius 2 is 2.07 bits per heavy atom. The van der Waals surface area contributed by atoms with E-state index in [4.69, 9.17) is 4.74 Å². The zero-order valence-electron chi connectivity index (χ0n) is 15.5. The van der Waals surface area contributed by atoms with Gasteiger partial charge in [0.05, 0.1) is 18.6 Å². The second-order valence-corrected chi connectivity index (χ2v) is 6.90. The summed E-state index contributed by atoms with van der Waals surface area (Å²) < 4.78 is 5.74. The van der Waals surface area contributed by atoms with Crippen molar-refractivity contribution in [3.63, 3.8) is 0 Å². The van der Waals surface area contributed by atoms with Crippen LogP contribution in [0.2, 0.25) is 0 Å². The van der Waals surface area contributed by atoms with Gasteiger partial charge in [-0.25, -0.2) is 4.98 Å². The van der Waals surface area contributed by atoms with Gasteiger partial charge in [-0.2, -0.15) is 0 Å². The molecule has 0 spiro atoms. The van der Waals surface area contributed by atoms with Gasteiger partial charge in [0.25, 0.3) is 0 Å². The number of ether oxygens (including phenoxy) is 1. The van der Waals surface area contributed by atoms with Crippen LogP contribution in [0.25, 0.3) is 0 Å². The van der Waals surface area contributed by atoms with Gasteiger partial charge in [-0.05, 0) is 44.7 Å². The number of halogens is 1. The molecule has 6 heteroatoms. The van der Waals surface area contributed by atoms with Crippen molar-refractivity contribution in [1.82, 2.24) is 14.9 Å². The highest BCUT2D eigenvalue weighted by Gasteiger charge is 2.27. The van der Waals surface area contributed by atoms with Gasteiger partial charge in [0.1, 0.15) is 5.75 Å². The fourth-order valence-corrected chi connectivity index (χ4v) is 3.31. The second kappa shape index (κ2) is 11.0. The van der Waals surface area contributed by atoms with Gasteiger partial charge in [0, 0.05) is 33.1 Å². The molecule has 3 rings (SSSR count). The van der Waals surface area contributed by atoms with Gasteiger partial charge in [0.15, 0.2) is 0 Å². The summed E-state index contributed by atoms with van der Waals surface area (Å²) in [5.41, 5.74) is 3.49. The zero-order chi connectivity index (χ0) is 17.6. The van der Waals surface area contributed by atoms with E-state index in [2.05, 4.69) is 29.0 Å². The summed E-state index contributed by atoms with van der Waals surface area (Å²) in [4.78, 5) is 21.9. The van der Waals surface area contributed by atoms with Gasteiger partial charge in [-0.1, -0.05) is 25.1 Å². The van der Waals surface area contributed by atoms with Crippen LogP contribution >= 0.6 is 12.4 Å². The molecule has 0 fully saturated rings. The number of hydrogen-bond acceptors (Lipinski definition) is 3. The summed E-state index contributed by atoms with van der Waals surface area (Å²) in [6.45, 7) is 3.53. The Balaban J connectivity index is 0.00000243. The molecule has 1 aromatic carbocycles. The molecule has 0 aliphatic heterocycles. The third-order valence-electron chi connectivity index (χ3n) is 4.89. The van der Waals surface area contributed by atoms with Crippen LogP contribution in [0.1, 0.15) is 45.1 Å². The molecule has 0 saturated carbocycles. The molecule has 152 valence electrons. The number of benzene rings is 1.